The van der Waals surface area contributed by atoms with Crippen molar-refractivity contribution in [3.05, 3.63) is 11.6 Å². The zero-order valence-corrected chi connectivity index (χ0v) is 8.09. The maximum Gasteiger partial charge on any atom is 0.109 e. The predicted octanol–water partition coefficient (Wildman–Crippen LogP) is 1.94. The Hall–Kier alpha value is -0.810. The summed E-state index contributed by atoms with van der Waals surface area (Å²) in [4.78, 5) is 2.14. The van der Waals surface area contributed by atoms with Crippen molar-refractivity contribution < 1.29 is 0 Å². The molecule has 1 fully saturated rings. The van der Waals surface area contributed by atoms with Crippen molar-refractivity contribution >= 4 is 0 Å². The lowest BCUT2D eigenvalue weighted by atomic mass is 10.2. The van der Waals surface area contributed by atoms with Crippen LogP contribution in [0.1, 0.15) is 26.7 Å². The second-order valence-electron chi connectivity index (χ2n) is 3.81. The summed E-state index contributed by atoms with van der Waals surface area (Å²) in [6, 6.07) is 2.37. The minimum atomic E-state index is -0.119. The highest BCUT2D eigenvalue weighted by molar-refractivity contribution is 5.19. The lowest BCUT2D eigenvalue weighted by Gasteiger charge is -2.19. The van der Waals surface area contributed by atoms with Crippen molar-refractivity contribution in [3.8, 4) is 6.07 Å². The smallest absolute Gasteiger partial charge is 0.109 e. The number of hydrogen-bond acceptors (Lipinski definition) is 2. The first-order valence-corrected chi connectivity index (χ1v) is 4.36. The van der Waals surface area contributed by atoms with Gasteiger partial charge in [0.1, 0.15) is 5.54 Å². The molecule has 0 saturated heterocycles. The molecular formula is C10H16N2. The molecule has 0 unspecified atom stereocenters. The maximum atomic E-state index is 8.88. The molecule has 0 radical (unpaired) electrons. The second kappa shape index (κ2) is 3.28. The summed E-state index contributed by atoms with van der Waals surface area (Å²) in [7, 11) is 2.02. The Morgan fingerprint density at radius 3 is 2.50 bits per heavy atom. The van der Waals surface area contributed by atoms with Crippen molar-refractivity contribution in [2.24, 2.45) is 0 Å². The molecule has 0 N–H and O–H groups in total. The van der Waals surface area contributed by atoms with E-state index in [0.717, 1.165) is 19.4 Å². The molecule has 0 amide bonds. The molecule has 0 atom stereocenters. The molecule has 0 aromatic carbocycles. The summed E-state index contributed by atoms with van der Waals surface area (Å²) in [6.07, 6.45) is 4.24. The molecular weight excluding hydrogens is 148 g/mol. The van der Waals surface area contributed by atoms with Gasteiger partial charge in [-0.2, -0.15) is 5.26 Å². The minimum absolute atomic E-state index is 0.119. The Bertz CT molecular complexity index is 227. The molecule has 0 aromatic heterocycles. The molecule has 2 heteroatoms. The molecule has 0 heterocycles. The lowest BCUT2D eigenvalue weighted by molar-refractivity contribution is 0.299. The fourth-order valence-corrected chi connectivity index (χ4v) is 1.19. The van der Waals surface area contributed by atoms with Crippen molar-refractivity contribution in [1.29, 1.82) is 5.26 Å². The van der Waals surface area contributed by atoms with Crippen LogP contribution in [0.3, 0.4) is 0 Å². The van der Waals surface area contributed by atoms with Crippen molar-refractivity contribution in [2.75, 3.05) is 13.6 Å². The van der Waals surface area contributed by atoms with Crippen LogP contribution in [0.25, 0.3) is 0 Å². The van der Waals surface area contributed by atoms with Gasteiger partial charge in [-0.3, -0.25) is 4.90 Å². The fourth-order valence-electron chi connectivity index (χ4n) is 1.19. The highest BCUT2D eigenvalue weighted by Crippen LogP contribution is 2.39. The fraction of sp³-hybridized carbons (Fsp3) is 0.700. The molecule has 0 aromatic rings. The summed E-state index contributed by atoms with van der Waals surface area (Å²) < 4.78 is 0. The van der Waals surface area contributed by atoms with Gasteiger partial charge in [0, 0.05) is 6.54 Å². The van der Waals surface area contributed by atoms with E-state index in [0.29, 0.717) is 0 Å². The Kier molecular flexibility index (Phi) is 2.54. The summed E-state index contributed by atoms with van der Waals surface area (Å²) >= 11 is 0. The topological polar surface area (TPSA) is 27.0 Å². The molecule has 1 rings (SSSR count). The first-order chi connectivity index (χ1) is 5.60. The van der Waals surface area contributed by atoms with Gasteiger partial charge in [0.05, 0.1) is 6.07 Å². The van der Waals surface area contributed by atoms with Crippen LogP contribution in [-0.4, -0.2) is 24.0 Å². The quantitative estimate of drug-likeness (QED) is 0.596. The van der Waals surface area contributed by atoms with Gasteiger partial charge in [0.15, 0.2) is 0 Å². The van der Waals surface area contributed by atoms with Gasteiger partial charge >= 0.3 is 0 Å². The van der Waals surface area contributed by atoms with E-state index in [2.05, 4.69) is 30.9 Å². The molecule has 0 bridgehead atoms. The van der Waals surface area contributed by atoms with Gasteiger partial charge in [0.25, 0.3) is 0 Å². The van der Waals surface area contributed by atoms with Crippen LogP contribution in [0, 0.1) is 11.3 Å². The Morgan fingerprint density at radius 2 is 2.17 bits per heavy atom. The SMILES string of the molecule is CC(C)=CCN(C)C1(C#N)CC1. The van der Waals surface area contributed by atoms with E-state index in [1.807, 2.05) is 7.05 Å². The summed E-state index contributed by atoms with van der Waals surface area (Å²) in [5.74, 6) is 0. The largest absolute Gasteiger partial charge is 0.285 e. The third kappa shape index (κ3) is 1.86. The van der Waals surface area contributed by atoms with E-state index >= 15 is 0 Å². The van der Waals surface area contributed by atoms with E-state index in [-0.39, 0.29) is 5.54 Å². The van der Waals surface area contributed by atoms with Crippen molar-refractivity contribution in [3.63, 3.8) is 0 Å². The van der Waals surface area contributed by atoms with Gasteiger partial charge in [-0.05, 0) is 33.7 Å². The minimum Gasteiger partial charge on any atom is -0.285 e. The molecule has 66 valence electrons. The Balaban J connectivity index is 2.45. The van der Waals surface area contributed by atoms with Crippen LogP contribution in [0.2, 0.25) is 0 Å². The Morgan fingerprint density at radius 1 is 1.58 bits per heavy atom. The third-order valence-electron chi connectivity index (χ3n) is 2.44. The monoisotopic (exact) mass is 164 g/mol. The van der Waals surface area contributed by atoms with E-state index in [9.17, 15) is 0 Å². The molecule has 12 heavy (non-hydrogen) atoms. The van der Waals surface area contributed by atoms with E-state index in [1.54, 1.807) is 0 Å². The van der Waals surface area contributed by atoms with Gasteiger partial charge < -0.3 is 0 Å². The van der Waals surface area contributed by atoms with Crippen LogP contribution in [-0.2, 0) is 0 Å². The van der Waals surface area contributed by atoms with Crippen molar-refractivity contribution in [1.82, 2.24) is 4.90 Å². The van der Waals surface area contributed by atoms with Gasteiger partial charge in [-0.1, -0.05) is 11.6 Å². The summed E-state index contributed by atoms with van der Waals surface area (Å²) in [5.41, 5.74) is 1.20. The number of nitrogens with zero attached hydrogens (tertiary/aromatic N) is 2. The maximum absolute atomic E-state index is 8.88. The molecule has 0 spiro atoms. The normalized spacial score (nSPS) is 18.6. The van der Waals surface area contributed by atoms with Crippen LogP contribution >= 0.6 is 0 Å². The standard InChI is InChI=1S/C10H16N2/c1-9(2)4-7-12(3)10(8-11)5-6-10/h4H,5-7H2,1-3H3. The number of likely N-dealkylation sites (N-methyl/N-ethyl adjacent to an activating group) is 1. The van der Waals surface area contributed by atoms with Crippen LogP contribution in [0.4, 0.5) is 0 Å². The number of allylic oxidation sites excluding steroid dienone is 1. The second-order valence-corrected chi connectivity index (χ2v) is 3.81. The third-order valence-corrected chi connectivity index (χ3v) is 2.44. The molecule has 2 nitrogen and oxygen atoms in total. The van der Waals surface area contributed by atoms with Crippen LogP contribution in [0.15, 0.2) is 11.6 Å². The van der Waals surface area contributed by atoms with E-state index in [1.165, 1.54) is 5.57 Å². The van der Waals surface area contributed by atoms with E-state index in [4.69, 9.17) is 5.26 Å². The van der Waals surface area contributed by atoms with Crippen molar-refractivity contribution in [2.45, 2.75) is 32.2 Å². The summed E-state index contributed by atoms with van der Waals surface area (Å²) in [6.45, 7) is 5.06. The van der Waals surface area contributed by atoms with Gasteiger partial charge in [-0.25, -0.2) is 0 Å². The number of rotatable bonds is 3. The van der Waals surface area contributed by atoms with Crippen LogP contribution < -0.4 is 0 Å². The number of hydrogen-bond donors (Lipinski definition) is 0. The van der Waals surface area contributed by atoms with Crippen LogP contribution in [0.5, 0.6) is 0 Å². The number of nitriles is 1. The highest BCUT2D eigenvalue weighted by atomic mass is 15.2. The zero-order valence-electron chi connectivity index (χ0n) is 8.09. The highest BCUT2D eigenvalue weighted by Gasteiger charge is 2.46. The lowest BCUT2D eigenvalue weighted by Crippen LogP contribution is -2.32. The average molecular weight is 164 g/mol. The summed E-state index contributed by atoms with van der Waals surface area (Å²) in [5, 5.41) is 8.88. The molecule has 1 aliphatic rings. The van der Waals surface area contributed by atoms with Gasteiger partial charge in [0.2, 0.25) is 0 Å². The van der Waals surface area contributed by atoms with Gasteiger partial charge in [-0.15, -0.1) is 0 Å². The average Bonchev–Trinajstić information content (AvgIpc) is 2.80. The first kappa shape index (κ1) is 9.28. The molecule has 1 aliphatic carbocycles. The Labute approximate surface area is 74.5 Å². The molecule has 0 aliphatic heterocycles. The first-order valence-electron chi connectivity index (χ1n) is 4.36. The molecule has 1 saturated carbocycles. The van der Waals surface area contributed by atoms with E-state index < -0.39 is 0 Å². The predicted molar refractivity (Wildman–Crippen MR) is 49.6 cm³/mol. The zero-order chi connectivity index (χ0) is 9.19.